The van der Waals surface area contributed by atoms with E-state index in [9.17, 15) is 4.79 Å². The second-order valence-corrected chi connectivity index (χ2v) is 5.23. The molecule has 0 saturated heterocycles. The van der Waals surface area contributed by atoms with Crippen molar-refractivity contribution in [2.75, 3.05) is 19.5 Å². The third-order valence-corrected chi connectivity index (χ3v) is 4.12. The highest BCUT2D eigenvalue weighted by molar-refractivity contribution is 9.10. The van der Waals surface area contributed by atoms with Crippen molar-refractivity contribution in [2.24, 2.45) is 0 Å². The summed E-state index contributed by atoms with van der Waals surface area (Å²) >= 11 is 5.03. The Kier molecular flexibility index (Phi) is 6.76. The summed E-state index contributed by atoms with van der Waals surface area (Å²) in [7, 11) is 1.65. The van der Waals surface area contributed by atoms with Crippen LogP contribution in [0.25, 0.3) is 0 Å². The van der Waals surface area contributed by atoms with Crippen LogP contribution in [-0.4, -0.2) is 25.3 Å². The van der Waals surface area contributed by atoms with Crippen LogP contribution in [0, 0.1) is 0 Å². The maximum absolute atomic E-state index is 11.5. The van der Waals surface area contributed by atoms with Crippen molar-refractivity contribution >= 4 is 33.5 Å². The molecule has 0 radical (unpaired) electrons. The minimum absolute atomic E-state index is 0.276. The van der Waals surface area contributed by atoms with Gasteiger partial charge in [-0.1, -0.05) is 12.1 Å². The van der Waals surface area contributed by atoms with E-state index in [1.54, 1.807) is 18.9 Å². The number of hydrogen-bond acceptors (Lipinski definition) is 3. The van der Waals surface area contributed by atoms with Crippen molar-refractivity contribution in [3.8, 4) is 0 Å². The average Bonchev–Trinajstić information content (AvgIpc) is 2.28. The molecule has 0 fully saturated rings. The number of ether oxygens (including phenoxy) is 1. The van der Waals surface area contributed by atoms with Crippen LogP contribution in [0.5, 0.6) is 0 Å². The van der Waals surface area contributed by atoms with Crippen LogP contribution in [0.4, 0.5) is 0 Å². The number of methoxy groups -OCH3 is 1. The van der Waals surface area contributed by atoms with Gasteiger partial charge < -0.3 is 4.74 Å². The molecule has 2 nitrogen and oxygen atoms in total. The highest BCUT2D eigenvalue weighted by Gasteiger charge is 2.05. The monoisotopic (exact) mass is 302 g/mol. The molecule has 16 heavy (non-hydrogen) atoms. The number of carbonyl (C=O) groups excluding carboxylic acids is 1. The molecule has 0 aromatic heterocycles. The first-order chi connectivity index (χ1) is 7.74. The van der Waals surface area contributed by atoms with Gasteiger partial charge in [0.2, 0.25) is 0 Å². The van der Waals surface area contributed by atoms with Crippen LogP contribution < -0.4 is 0 Å². The van der Waals surface area contributed by atoms with E-state index in [1.165, 1.54) is 0 Å². The fourth-order valence-corrected chi connectivity index (χ4v) is 2.68. The minimum Gasteiger partial charge on any atom is -0.385 e. The summed E-state index contributed by atoms with van der Waals surface area (Å²) in [6.07, 6.45) is 1.41. The summed E-state index contributed by atoms with van der Waals surface area (Å²) in [6.45, 7) is 0.658. The summed E-state index contributed by atoms with van der Waals surface area (Å²) in [4.78, 5) is 12.6. The van der Waals surface area contributed by atoms with E-state index in [4.69, 9.17) is 4.74 Å². The van der Waals surface area contributed by atoms with E-state index >= 15 is 0 Å². The molecule has 0 bridgehead atoms. The molecule has 0 amide bonds. The second kappa shape index (κ2) is 7.87. The van der Waals surface area contributed by atoms with E-state index in [2.05, 4.69) is 15.9 Å². The van der Waals surface area contributed by atoms with Crippen LogP contribution in [0.3, 0.4) is 0 Å². The van der Waals surface area contributed by atoms with Crippen molar-refractivity contribution in [3.63, 3.8) is 0 Å². The van der Waals surface area contributed by atoms with Crippen molar-refractivity contribution in [1.29, 1.82) is 0 Å². The van der Waals surface area contributed by atoms with E-state index in [0.717, 1.165) is 15.8 Å². The maximum atomic E-state index is 11.5. The lowest BCUT2D eigenvalue weighted by Gasteiger charge is -2.03. The van der Waals surface area contributed by atoms with Crippen molar-refractivity contribution in [3.05, 3.63) is 28.7 Å². The quantitative estimate of drug-likeness (QED) is 0.569. The Morgan fingerprint density at radius 1 is 1.44 bits per heavy atom. The van der Waals surface area contributed by atoms with E-state index in [-0.39, 0.29) is 5.78 Å². The molecule has 1 aromatic rings. The van der Waals surface area contributed by atoms with Gasteiger partial charge in [0.1, 0.15) is 5.78 Å². The summed E-state index contributed by atoms with van der Waals surface area (Å²) in [5, 5.41) is 0. The van der Waals surface area contributed by atoms with Gasteiger partial charge in [0.05, 0.1) is 5.75 Å². The van der Waals surface area contributed by atoms with E-state index < -0.39 is 0 Å². The van der Waals surface area contributed by atoms with Gasteiger partial charge in [0.15, 0.2) is 0 Å². The summed E-state index contributed by atoms with van der Waals surface area (Å²) in [5.74, 6) is 0.810. The third kappa shape index (κ3) is 5.14. The normalized spacial score (nSPS) is 10.4. The average molecular weight is 303 g/mol. The first-order valence-electron chi connectivity index (χ1n) is 5.12. The Bertz CT molecular complexity index is 342. The predicted octanol–water partition coefficient (Wildman–Crippen LogP) is 3.54. The van der Waals surface area contributed by atoms with Crippen LogP contribution in [0.15, 0.2) is 33.6 Å². The van der Waals surface area contributed by atoms with Crippen LogP contribution >= 0.6 is 27.7 Å². The lowest BCUT2D eigenvalue weighted by Crippen LogP contribution is -2.03. The molecule has 0 saturated carbocycles. The molecule has 0 N–H and O–H groups in total. The van der Waals surface area contributed by atoms with E-state index in [1.807, 2.05) is 24.3 Å². The summed E-state index contributed by atoms with van der Waals surface area (Å²) < 4.78 is 5.95. The molecule has 0 heterocycles. The fourth-order valence-electron chi connectivity index (χ4n) is 1.21. The molecule has 0 aliphatic rings. The summed E-state index contributed by atoms with van der Waals surface area (Å²) in [5.41, 5.74) is 0. The topological polar surface area (TPSA) is 26.3 Å². The maximum Gasteiger partial charge on any atom is 0.143 e. The Balaban J connectivity index is 2.29. The van der Waals surface area contributed by atoms with Gasteiger partial charge >= 0.3 is 0 Å². The lowest BCUT2D eigenvalue weighted by molar-refractivity contribution is -0.116. The van der Waals surface area contributed by atoms with Gasteiger partial charge in [0, 0.05) is 29.5 Å². The smallest absolute Gasteiger partial charge is 0.143 e. The zero-order valence-electron chi connectivity index (χ0n) is 9.24. The van der Waals surface area contributed by atoms with Crippen LogP contribution in [0.1, 0.15) is 12.8 Å². The van der Waals surface area contributed by atoms with Gasteiger partial charge in [-0.05, 0) is 34.5 Å². The number of rotatable bonds is 7. The Hall–Kier alpha value is -0.320. The Morgan fingerprint density at radius 3 is 2.88 bits per heavy atom. The second-order valence-electron chi connectivity index (χ2n) is 3.35. The zero-order valence-corrected chi connectivity index (χ0v) is 11.6. The highest BCUT2D eigenvalue weighted by Crippen LogP contribution is 2.27. The number of halogens is 1. The number of hydrogen-bond donors (Lipinski definition) is 0. The van der Waals surface area contributed by atoms with Crippen LogP contribution in [-0.2, 0) is 9.53 Å². The third-order valence-electron chi connectivity index (χ3n) is 2.03. The number of Topliss-reactive ketones (excluding diaryl/α,β-unsaturated/α-hetero) is 1. The molecular weight excluding hydrogens is 288 g/mol. The van der Waals surface area contributed by atoms with Gasteiger partial charge in [0.25, 0.3) is 0 Å². The number of carbonyl (C=O) groups is 1. The van der Waals surface area contributed by atoms with Crippen molar-refractivity contribution in [2.45, 2.75) is 17.7 Å². The Labute approximate surface area is 109 Å². The first-order valence-corrected chi connectivity index (χ1v) is 6.90. The molecule has 0 spiro atoms. The van der Waals surface area contributed by atoms with Gasteiger partial charge in [-0.2, -0.15) is 0 Å². The molecule has 4 heteroatoms. The molecule has 0 aliphatic heterocycles. The van der Waals surface area contributed by atoms with Gasteiger partial charge in [-0.15, -0.1) is 11.8 Å². The van der Waals surface area contributed by atoms with Crippen molar-refractivity contribution < 1.29 is 9.53 Å². The molecule has 0 atom stereocenters. The van der Waals surface area contributed by atoms with Gasteiger partial charge in [-0.25, -0.2) is 0 Å². The standard InChI is InChI=1S/C12H15BrO2S/c1-15-8-4-5-10(14)9-16-12-7-3-2-6-11(12)13/h2-3,6-7H,4-5,8-9H2,1H3. The number of thioether (sulfide) groups is 1. The number of benzene rings is 1. The fraction of sp³-hybridized carbons (Fsp3) is 0.417. The largest absolute Gasteiger partial charge is 0.385 e. The molecule has 0 unspecified atom stereocenters. The first kappa shape index (κ1) is 13.7. The number of ketones is 1. The molecule has 1 aromatic carbocycles. The minimum atomic E-state index is 0.276. The molecule has 0 aliphatic carbocycles. The highest BCUT2D eigenvalue weighted by atomic mass is 79.9. The zero-order chi connectivity index (χ0) is 11.8. The molecule has 1 rings (SSSR count). The lowest BCUT2D eigenvalue weighted by atomic mass is 10.2. The predicted molar refractivity (Wildman–Crippen MR) is 71.0 cm³/mol. The molecular formula is C12H15BrO2S. The van der Waals surface area contributed by atoms with Crippen molar-refractivity contribution in [1.82, 2.24) is 0 Å². The Morgan fingerprint density at radius 2 is 2.19 bits per heavy atom. The SMILES string of the molecule is COCCCC(=O)CSc1ccccc1Br. The van der Waals surface area contributed by atoms with E-state index in [0.29, 0.717) is 18.8 Å². The van der Waals surface area contributed by atoms with Gasteiger partial charge in [-0.3, -0.25) is 4.79 Å². The van der Waals surface area contributed by atoms with Crippen LogP contribution in [0.2, 0.25) is 0 Å². The summed E-state index contributed by atoms with van der Waals surface area (Å²) in [6, 6.07) is 7.94. The molecule has 88 valence electrons.